The zero-order chi connectivity index (χ0) is 24.5. The SMILES string of the molecule is O=C(O)Cc1cn(-c2nc(-c3cc(-c4ccon4)n(Cc4ccccc4F)c3)ncc2F)[nH]c1=O. The number of aromatic amines is 1. The summed E-state index contributed by atoms with van der Waals surface area (Å²) >= 11 is 0. The second-order valence-electron chi connectivity index (χ2n) is 7.62. The Balaban J connectivity index is 1.57. The van der Waals surface area contributed by atoms with Gasteiger partial charge in [0.2, 0.25) is 0 Å². The first kappa shape index (κ1) is 21.9. The number of halogens is 2. The minimum Gasteiger partial charge on any atom is -0.481 e. The molecule has 176 valence electrons. The summed E-state index contributed by atoms with van der Waals surface area (Å²) in [6.45, 7) is 0.173. The maximum atomic E-state index is 14.6. The Morgan fingerprint density at radius 3 is 2.69 bits per heavy atom. The van der Waals surface area contributed by atoms with Gasteiger partial charge in [0.15, 0.2) is 17.5 Å². The van der Waals surface area contributed by atoms with E-state index in [2.05, 4.69) is 20.2 Å². The van der Waals surface area contributed by atoms with Gasteiger partial charge in [-0.3, -0.25) is 14.7 Å². The van der Waals surface area contributed by atoms with Crippen molar-refractivity contribution >= 4 is 5.97 Å². The average molecular weight is 478 g/mol. The number of H-pyrrole nitrogens is 1. The number of carboxylic acid groups (broad SMARTS) is 1. The molecule has 0 bridgehead atoms. The van der Waals surface area contributed by atoms with Crippen LogP contribution in [0.5, 0.6) is 0 Å². The van der Waals surface area contributed by atoms with E-state index in [9.17, 15) is 18.4 Å². The Labute approximate surface area is 195 Å². The first-order chi connectivity index (χ1) is 16.9. The molecular formula is C23H16F2N6O4. The van der Waals surface area contributed by atoms with Crippen molar-refractivity contribution in [2.24, 2.45) is 0 Å². The molecule has 4 aromatic heterocycles. The number of carboxylic acids is 1. The molecule has 5 rings (SSSR count). The van der Waals surface area contributed by atoms with Gasteiger partial charge in [-0.2, -0.15) is 0 Å². The fourth-order valence-corrected chi connectivity index (χ4v) is 3.63. The fourth-order valence-electron chi connectivity index (χ4n) is 3.63. The van der Waals surface area contributed by atoms with E-state index in [4.69, 9.17) is 9.63 Å². The summed E-state index contributed by atoms with van der Waals surface area (Å²) < 4.78 is 36.6. The molecule has 0 unspecified atom stereocenters. The highest BCUT2D eigenvalue weighted by Gasteiger charge is 2.18. The van der Waals surface area contributed by atoms with Crippen LogP contribution in [-0.4, -0.2) is 40.5 Å². The van der Waals surface area contributed by atoms with Gasteiger partial charge in [-0.05, 0) is 12.1 Å². The van der Waals surface area contributed by atoms with Crippen LogP contribution in [0.2, 0.25) is 0 Å². The van der Waals surface area contributed by atoms with Crippen molar-refractivity contribution in [3.8, 4) is 28.6 Å². The van der Waals surface area contributed by atoms with Gasteiger partial charge in [-0.25, -0.2) is 23.4 Å². The third kappa shape index (κ3) is 4.36. The van der Waals surface area contributed by atoms with E-state index in [1.165, 1.54) is 18.5 Å². The van der Waals surface area contributed by atoms with Crippen LogP contribution in [0.4, 0.5) is 8.78 Å². The van der Waals surface area contributed by atoms with Gasteiger partial charge in [-0.15, -0.1) is 0 Å². The Bertz CT molecular complexity index is 1590. The van der Waals surface area contributed by atoms with Crippen molar-refractivity contribution in [1.82, 2.24) is 29.5 Å². The molecule has 0 atom stereocenters. The molecule has 0 aliphatic carbocycles. The number of nitrogens with one attached hydrogen (secondary N) is 1. The van der Waals surface area contributed by atoms with Crippen LogP contribution in [-0.2, 0) is 17.8 Å². The highest BCUT2D eigenvalue weighted by atomic mass is 19.1. The molecular weight excluding hydrogens is 462 g/mol. The molecule has 12 heteroatoms. The van der Waals surface area contributed by atoms with Crippen molar-refractivity contribution < 1.29 is 23.2 Å². The summed E-state index contributed by atoms with van der Waals surface area (Å²) in [5.74, 6) is -2.55. The molecule has 0 amide bonds. The van der Waals surface area contributed by atoms with Crippen LogP contribution in [0.1, 0.15) is 11.1 Å². The van der Waals surface area contributed by atoms with E-state index >= 15 is 0 Å². The number of carbonyl (C=O) groups is 1. The fraction of sp³-hybridized carbons (Fsp3) is 0.0870. The Hall–Kier alpha value is -4.87. The molecule has 0 aliphatic rings. The summed E-state index contributed by atoms with van der Waals surface area (Å²) in [6.07, 6.45) is 4.66. The van der Waals surface area contributed by atoms with E-state index in [1.54, 1.807) is 41.1 Å². The molecule has 0 fully saturated rings. The molecule has 0 spiro atoms. The second kappa shape index (κ2) is 8.82. The highest BCUT2D eigenvalue weighted by molar-refractivity contribution is 5.70. The number of nitrogens with zero attached hydrogens (tertiary/aromatic N) is 5. The molecule has 1 aromatic carbocycles. The van der Waals surface area contributed by atoms with Crippen LogP contribution >= 0.6 is 0 Å². The summed E-state index contributed by atoms with van der Waals surface area (Å²) in [5, 5.41) is 15.3. The lowest BCUT2D eigenvalue weighted by molar-refractivity contribution is -0.136. The predicted molar refractivity (Wildman–Crippen MR) is 118 cm³/mol. The maximum Gasteiger partial charge on any atom is 0.308 e. The van der Waals surface area contributed by atoms with Gasteiger partial charge < -0.3 is 14.2 Å². The van der Waals surface area contributed by atoms with E-state index in [0.717, 1.165) is 10.9 Å². The van der Waals surface area contributed by atoms with Crippen molar-refractivity contribution in [1.29, 1.82) is 0 Å². The summed E-state index contributed by atoms with van der Waals surface area (Å²) in [6, 6.07) is 9.68. The van der Waals surface area contributed by atoms with Gasteiger partial charge in [0, 0.05) is 35.2 Å². The normalized spacial score (nSPS) is 11.1. The van der Waals surface area contributed by atoms with Gasteiger partial charge >= 0.3 is 5.97 Å². The van der Waals surface area contributed by atoms with Crippen LogP contribution < -0.4 is 5.56 Å². The first-order valence-electron chi connectivity index (χ1n) is 10.3. The number of aliphatic carboxylic acids is 1. The molecule has 0 radical (unpaired) electrons. The van der Waals surface area contributed by atoms with Crippen molar-refractivity contribution in [3.63, 3.8) is 0 Å². The van der Waals surface area contributed by atoms with E-state index in [0.29, 0.717) is 22.5 Å². The first-order valence-corrected chi connectivity index (χ1v) is 10.3. The molecule has 0 aliphatic heterocycles. The van der Waals surface area contributed by atoms with Gasteiger partial charge in [0.1, 0.15) is 17.8 Å². The third-order valence-electron chi connectivity index (χ3n) is 5.25. The lowest BCUT2D eigenvalue weighted by Gasteiger charge is -2.08. The van der Waals surface area contributed by atoms with Gasteiger partial charge in [0.25, 0.3) is 5.56 Å². The summed E-state index contributed by atoms with van der Waals surface area (Å²) in [4.78, 5) is 31.3. The predicted octanol–water partition coefficient (Wildman–Crippen LogP) is 3.03. The second-order valence-corrected chi connectivity index (χ2v) is 7.62. The monoisotopic (exact) mass is 478 g/mol. The molecule has 5 aromatic rings. The molecule has 4 heterocycles. The Morgan fingerprint density at radius 1 is 1.11 bits per heavy atom. The number of hydrogen-bond acceptors (Lipinski definition) is 6. The zero-order valence-corrected chi connectivity index (χ0v) is 17.9. The van der Waals surface area contributed by atoms with Crippen molar-refractivity contribution in [2.75, 3.05) is 0 Å². The highest BCUT2D eigenvalue weighted by Crippen LogP contribution is 2.28. The average Bonchev–Trinajstić information content (AvgIpc) is 3.56. The van der Waals surface area contributed by atoms with Crippen LogP contribution in [0.3, 0.4) is 0 Å². The minimum absolute atomic E-state index is 0.0542. The van der Waals surface area contributed by atoms with Crippen molar-refractivity contribution in [3.05, 3.63) is 94.4 Å². The number of benzene rings is 1. The quantitative estimate of drug-likeness (QED) is 0.368. The number of rotatable bonds is 7. The standard InChI is InChI=1S/C23H16F2N6O4/c24-16-4-2-1-3-13(16)10-30-11-14(7-19(30)18-5-6-35-29-18)21-26-9-17(25)22(27-21)31-12-15(8-20(32)33)23(34)28-31/h1-7,9,11-12H,8,10H2,(H,28,34)(H,32,33). The molecule has 10 nitrogen and oxygen atoms in total. The molecule has 2 N–H and O–H groups in total. The van der Waals surface area contributed by atoms with Crippen LogP contribution in [0, 0.1) is 11.6 Å². The number of hydrogen-bond donors (Lipinski definition) is 2. The summed E-state index contributed by atoms with van der Waals surface area (Å²) in [7, 11) is 0. The largest absolute Gasteiger partial charge is 0.481 e. The van der Waals surface area contributed by atoms with E-state index in [-0.39, 0.29) is 29.6 Å². The van der Waals surface area contributed by atoms with Crippen molar-refractivity contribution in [2.45, 2.75) is 13.0 Å². The van der Waals surface area contributed by atoms with E-state index in [1.807, 2.05) is 0 Å². The molecule has 0 saturated heterocycles. The zero-order valence-electron chi connectivity index (χ0n) is 17.9. The number of aromatic nitrogens is 6. The smallest absolute Gasteiger partial charge is 0.308 e. The van der Waals surface area contributed by atoms with Crippen LogP contribution in [0.15, 0.2) is 70.6 Å². The van der Waals surface area contributed by atoms with Crippen LogP contribution in [0.25, 0.3) is 28.6 Å². The Kier molecular flexibility index (Phi) is 5.53. The molecule has 0 saturated carbocycles. The van der Waals surface area contributed by atoms with Gasteiger partial charge in [-0.1, -0.05) is 23.4 Å². The van der Waals surface area contributed by atoms with E-state index < -0.39 is 23.8 Å². The topological polar surface area (TPSA) is 132 Å². The molecule has 35 heavy (non-hydrogen) atoms. The minimum atomic E-state index is -1.20. The van der Waals surface area contributed by atoms with Gasteiger partial charge in [0.05, 0.1) is 24.9 Å². The maximum absolute atomic E-state index is 14.6. The third-order valence-corrected chi connectivity index (χ3v) is 5.25. The Morgan fingerprint density at radius 2 is 1.94 bits per heavy atom. The summed E-state index contributed by atoms with van der Waals surface area (Å²) in [5.41, 5.74) is 1.27. The lowest BCUT2D eigenvalue weighted by atomic mass is 10.2. The lowest BCUT2D eigenvalue weighted by Crippen LogP contribution is -2.12.